The van der Waals surface area contributed by atoms with E-state index in [1.807, 2.05) is 13.8 Å². The first-order valence-electron chi connectivity index (χ1n) is 8.07. The summed E-state index contributed by atoms with van der Waals surface area (Å²) in [5, 5.41) is 3.59. The van der Waals surface area contributed by atoms with Gasteiger partial charge in [0.05, 0.1) is 31.5 Å². The number of nitrogens with one attached hydrogen (secondary N) is 1. The Balaban J connectivity index is 2.57. The van der Waals surface area contributed by atoms with E-state index in [4.69, 9.17) is 9.47 Å². The third-order valence-corrected chi connectivity index (χ3v) is 3.44. The standard InChI is InChI=1S/C18H31NO2/c1-6-11-19-18(17-9-7-15(4)8-10-17)16(5)21-13-12-20-14(2)3/h7-10,14,16,18-19H,6,11-13H2,1-5H3. The van der Waals surface area contributed by atoms with Crippen LogP contribution in [0.1, 0.15) is 51.3 Å². The van der Waals surface area contributed by atoms with Gasteiger partial charge in [0.15, 0.2) is 0 Å². The average Bonchev–Trinajstić information content (AvgIpc) is 2.45. The van der Waals surface area contributed by atoms with Crippen molar-refractivity contribution < 1.29 is 9.47 Å². The molecule has 0 radical (unpaired) electrons. The third-order valence-electron chi connectivity index (χ3n) is 3.44. The fourth-order valence-corrected chi connectivity index (χ4v) is 2.24. The molecule has 120 valence electrons. The second-order valence-electron chi connectivity index (χ2n) is 5.84. The Kier molecular flexibility index (Phi) is 8.58. The highest BCUT2D eigenvalue weighted by Gasteiger charge is 2.19. The van der Waals surface area contributed by atoms with Crippen LogP contribution in [-0.4, -0.2) is 32.0 Å². The summed E-state index contributed by atoms with van der Waals surface area (Å²) in [6.45, 7) is 12.8. The van der Waals surface area contributed by atoms with Crippen LogP contribution >= 0.6 is 0 Å². The van der Waals surface area contributed by atoms with E-state index in [-0.39, 0.29) is 18.2 Å². The number of rotatable bonds is 10. The highest BCUT2D eigenvalue weighted by Crippen LogP contribution is 2.20. The average molecular weight is 293 g/mol. The van der Waals surface area contributed by atoms with Crippen molar-refractivity contribution in [1.82, 2.24) is 5.32 Å². The van der Waals surface area contributed by atoms with Crippen LogP contribution in [0.2, 0.25) is 0 Å². The maximum Gasteiger partial charge on any atom is 0.0742 e. The maximum atomic E-state index is 5.95. The van der Waals surface area contributed by atoms with Crippen LogP contribution < -0.4 is 5.32 Å². The van der Waals surface area contributed by atoms with E-state index >= 15 is 0 Å². The van der Waals surface area contributed by atoms with Crippen molar-refractivity contribution in [2.75, 3.05) is 19.8 Å². The molecule has 1 aromatic carbocycles. The predicted molar refractivity (Wildman–Crippen MR) is 88.7 cm³/mol. The van der Waals surface area contributed by atoms with Crippen molar-refractivity contribution in [1.29, 1.82) is 0 Å². The van der Waals surface area contributed by atoms with Gasteiger partial charge in [-0.15, -0.1) is 0 Å². The normalized spacial score (nSPS) is 14.4. The molecule has 0 saturated carbocycles. The Morgan fingerprint density at radius 1 is 1.00 bits per heavy atom. The number of hydrogen-bond donors (Lipinski definition) is 1. The molecule has 0 bridgehead atoms. The molecule has 21 heavy (non-hydrogen) atoms. The van der Waals surface area contributed by atoms with E-state index in [1.165, 1.54) is 11.1 Å². The Morgan fingerprint density at radius 3 is 2.19 bits per heavy atom. The van der Waals surface area contributed by atoms with E-state index in [0.29, 0.717) is 13.2 Å². The summed E-state index contributed by atoms with van der Waals surface area (Å²) < 4.78 is 11.5. The highest BCUT2D eigenvalue weighted by molar-refractivity contribution is 5.24. The predicted octanol–water partition coefficient (Wildman–Crippen LogP) is 3.87. The summed E-state index contributed by atoms with van der Waals surface area (Å²) in [7, 11) is 0. The van der Waals surface area contributed by atoms with Crippen LogP contribution in [0.15, 0.2) is 24.3 Å². The second-order valence-corrected chi connectivity index (χ2v) is 5.84. The van der Waals surface area contributed by atoms with Gasteiger partial charge >= 0.3 is 0 Å². The molecule has 0 aliphatic rings. The molecule has 1 rings (SSSR count). The third kappa shape index (κ3) is 7.07. The lowest BCUT2D eigenvalue weighted by Crippen LogP contribution is -2.33. The summed E-state index contributed by atoms with van der Waals surface area (Å²) in [6, 6.07) is 8.92. The number of aryl methyl sites for hydroxylation is 1. The minimum Gasteiger partial charge on any atom is -0.376 e. The van der Waals surface area contributed by atoms with Crippen molar-refractivity contribution in [3.8, 4) is 0 Å². The molecule has 1 aromatic rings. The van der Waals surface area contributed by atoms with Gasteiger partial charge in [0, 0.05) is 0 Å². The van der Waals surface area contributed by atoms with Gasteiger partial charge in [-0.2, -0.15) is 0 Å². The smallest absolute Gasteiger partial charge is 0.0742 e. The molecule has 1 N–H and O–H groups in total. The number of ether oxygens (including phenoxy) is 2. The molecule has 3 nitrogen and oxygen atoms in total. The van der Waals surface area contributed by atoms with E-state index in [1.54, 1.807) is 0 Å². The molecule has 2 unspecified atom stereocenters. The summed E-state index contributed by atoms with van der Waals surface area (Å²) >= 11 is 0. The largest absolute Gasteiger partial charge is 0.376 e. The van der Waals surface area contributed by atoms with Gasteiger partial charge in [-0.3, -0.25) is 0 Å². The van der Waals surface area contributed by atoms with Crippen LogP contribution in [0.3, 0.4) is 0 Å². The fourth-order valence-electron chi connectivity index (χ4n) is 2.24. The zero-order chi connectivity index (χ0) is 15.7. The summed E-state index contributed by atoms with van der Waals surface area (Å²) in [5.74, 6) is 0. The lowest BCUT2D eigenvalue weighted by atomic mass is 10.0. The fraction of sp³-hybridized carbons (Fsp3) is 0.667. The van der Waals surface area contributed by atoms with Crippen molar-refractivity contribution in [2.24, 2.45) is 0 Å². The molecule has 0 heterocycles. The van der Waals surface area contributed by atoms with Gasteiger partial charge in [0.25, 0.3) is 0 Å². The van der Waals surface area contributed by atoms with Crippen molar-refractivity contribution in [3.63, 3.8) is 0 Å². The molecular formula is C18H31NO2. The Hall–Kier alpha value is -0.900. The summed E-state index contributed by atoms with van der Waals surface area (Å²) in [6.07, 6.45) is 1.50. The lowest BCUT2D eigenvalue weighted by Gasteiger charge is -2.26. The van der Waals surface area contributed by atoms with E-state index in [0.717, 1.165) is 13.0 Å². The van der Waals surface area contributed by atoms with Gasteiger partial charge in [0.1, 0.15) is 0 Å². The minimum absolute atomic E-state index is 0.120. The van der Waals surface area contributed by atoms with Crippen LogP contribution in [-0.2, 0) is 9.47 Å². The van der Waals surface area contributed by atoms with E-state index in [2.05, 4.69) is 50.4 Å². The zero-order valence-corrected chi connectivity index (χ0v) is 14.2. The monoisotopic (exact) mass is 293 g/mol. The first-order valence-corrected chi connectivity index (χ1v) is 8.07. The molecule has 0 aliphatic heterocycles. The quantitative estimate of drug-likeness (QED) is 0.664. The van der Waals surface area contributed by atoms with Crippen LogP contribution in [0.4, 0.5) is 0 Å². The molecule has 0 fully saturated rings. The first kappa shape index (κ1) is 18.1. The molecule has 3 heteroatoms. The van der Waals surface area contributed by atoms with Gasteiger partial charge in [0.2, 0.25) is 0 Å². The van der Waals surface area contributed by atoms with Crippen molar-refractivity contribution >= 4 is 0 Å². The Bertz CT molecular complexity index is 375. The molecule has 0 aliphatic carbocycles. The summed E-state index contributed by atoms with van der Waals surface area (Å²) in [5.41, 5.74) is 2.57. The number of benzene rings is 1. The SMILES string of the molecule is CCCNC(c1ccc(C)cc1)C(C)OCCOC(C)C. The van der Waals surface area contributed by atoms with Gasteiger partial charge in [-0.05, 0) is 46.2 Å². The topological polar surface area (TPSA) is 30.5 Å². The first-order chi connectivity index (χ1) is 10.0. The van der Waals surface area contributed by atoms with Gasteiger partial charge < -0.3 is 14.8 Å². The highest BCUT2D eigenvalue weighted by atomic mass is 16.5. The molecule has 2 atom stereocenters. The van der Waals surface area contributed by atoms with Crippen LogP contribution in [0, 0.1) is 6.92 Å². The van der Waals surface area contributed by atoms with E-state index < -0.39 is 0 Å². The molecule has 0 amide bonds. The summed E-state index contributed by atoms with van der Waals surface area (Å²) in [4.78, 5) is 0. The Labute approximate surface area is 130 Å². The molecule has 0 spiro atoms. The number of hydrogen-bond acceptors (Lipinski definition) is 3. The van der Waals surface area contributed by atoms with Crippen LogP contribution in [0.25, 0.3) is 0 Å². The van der Waals surface area contributed by atoms with Crippen molar-refractivity contribution in [2.45, 2.75) is 59.3 Å². The maximum absolute atomic E-state index is 5.95. The second kappa shape index (κ2) is 9.93. The zero-order valence-electron chi connectivity index (χ0n) is 14.2. The lowest BCUT2D eigenvalue weighted by molar-refractivity contribution is -0.0187. The van der Waals surface area contributed by atoms with Gasteiger partial charge in [-0.25, -0.2) is 0 Å². The van der Waals surface area contributed by atoms with Gasteiger partial charge in [-0.1, -0.05) is 36.8 Å². The van der Waals surface area contributed by atoms with E-state index in [9.17, 15) is 0 Å². The molecule has 0 aromatic heterocycles. The molecular weight excluding hydrogens is 262 g/mol. The van der Waals surface area contributed by atoms with Crippen LogP contribution in [0.5, 0.6) is 0 Å². The Morgan fingerprint density at radius 2 is 1.62 bits per heavy atom. The van der Waals surface area contributed by atoms with Crippen molar-refractivity contribution in [3.05, 3.63) is 35.4 Å². The minimum atomic E-state index is 0.120. The molecule has 0 saturated heterocycles.